The Labute approximate surface area is 197 Å². The van der Waals surface area contributed by atoms with Crippen LogP contribution in [0.5, 0.6) is 0 Å². The number of aliphatic hydroxyl groups is 4. The van der Waals surface area contributed by atoms with Gasteiger partial charge in [0.05, 0.1) is 25.4 Å². The summed E-state index contributed by atoms with van der Waals surface area (Å²) in [6, 6.07) is 0. The lowest BCUT2D eigenvalue weighted by molar-refractivity contribution is -0.0461. The molecule has 0 unspecified atom stereocenters. The molecule has 16 heteroatoms. The molecule has 186 valence electrons. The van der Waals surface area contributed by atoms with E-state index in [-0.39, 0.29) is 22.6 Å². The van der Waals surface area contributed by atoms with Gasteiger partial charge in [0.15, 0.2) is 0 Å². The smallest absolute Gasteiger partial charge is 0.330 e. The Hall–Kier alpha value is -2.18. The number of aromatic nitrogens is 4. The van der Waals surface area contributed by atoms with Crippen molar-refractivity contribution >= 4 is 21.6 Å². The highest BCUT2D eigenvalue weighted by Crippen LogP contribution is 2.35. The quantitative estimate of drug-likeness (QED) is 0.210. The highest BCUT2D eigenvalue weighted by Gasteiger charge is 2.36. The second-order valence-corrected chi connectivity index (χ2v) is 9.93. The molecule has 2 aliphatic rings. The molecule has 0 bridgehead atoms. The molecular formula is C18H22N4O10S2. The van der Waals surface area contributed by atoms with Gasteiger partial charge in [-0.2, -0.15) is 0 Å². The highest BCUT2D eigenvalue weighted by atomic mass is 33.1. The van der Waals surface area contributed by atoms with Crippen LogP contribution in [0.2, 0.25) is 0 Å². The third kappa shape index (κ3) is 4.94. The van der Waals surface area contributed by atoms with Crippen molar-refractivity contribution in [2.24, 2.45) is 0 Å². The molecule has 0 amide bonds. The maximum atomic E-state index is 12.3. The summed E-state index contributed by atoms with van der Waals surface area (Å²) < 4.78 is 13.1. The second-order valence-electron chi connectivity index (χ2n) is 7.72. The van der Waals surface area contributed by atoms with Crippen LogP contribution in [-0.2, 0) is 9.47 Å². The fourth-order valence-electron chi connectivity index (χ4n) is 3.67. The van der Waals surface area contributed by atoms with Gasteiger partial charge in [0.25, 0.3) is 11.1 Å². The molecule has 2 aromatic heterocycles. The van der Waals surface area contributed by atoms with E-state index in [0.29, 0.717) is 0 Å². The first-order valence-electron chi connectivity index (χ1n) is 10.2. The van der Waals surface area contributed by atoms with Crippen LogP contribution in [0.25, 0.3) is 0 Å². The van der Waals surface area contributed by atoms with Crippen molar-refractivity contribution in [3.05, 3.63) is 54.1 Å². The number of H-pyrrole nitrogens is 2. The molecule has 34 heavy (non-hydrogen) atoms. The van der Waals surface area contributed by atoms with Crippen molar-refractivity contribution < 1.29 is 29.9 Å². The summed E-state index contributed by atoms with van der Waals surface area (Å²) in [4.78, 5) is 53.4. The number of aliphatic hydroxyl groups excluding tert-OH is 4. The third-order valence-electron chi connectivity index (χ3n) is 5.48. The molecule has 2 aromatic rings. The van der Waals surface area contributed by atoms with Gasteiger partial charge in [-0.1, -0.05) is 0 Å². The molecule has 0 radical (unpaired) electrons. The van der Waals surface area contributed by atoms with Crippen LogP contribution in [-0.4, -0.2) is 77.2 Å². The van der Waals surface area contributed by atoms with E-state index in [2.05, 4.69) is 9.97 Å². The van der Waals surface area contributed by atoms with Crippen molar-refractivity contribution in [2.75, 3.05) is 13.2 Å². The Morgan fingerprint density at radius 2 is 1.18 bits per heavy atom. The van der Waals surface area contributed by atoms with Crippen LogP contribution in [0.3, 0.4) is 0 Å². The minimum atomic E-state index is -0.985. The van der Waals surface area contributed by atoms with Crippen LogP contribution in [0, 0.1) is 0 Å². The summed E-state index contributed by atoms with van der Waals surface area (Å²) in [7, 11) is 1.69. The molecule has 0 aliphatic carbocycles. The lowest BCUT2D eigenvalue weighted by Crippen LogP contribution is -2.33. The van der Waals surface area contributed by atoms with E-state index < -0.39 is 72.6 Å². The van der Waals surface area contributed by atoms with Crippen molar-refractivity contribution in [1.82, 2.24) is 19.1 Å². The topological polar surface area (TPSA) is 209 Å². The lowest BCUT2D eigenvalue weighted by Gasteiger charge is -2.16. The maximum Gasteiger partial charge on any atom is 0.330 e. The molecule has 2 fully saturated rings. The minimum absolute atomic E-state index is 0.0289. The molecule has 2 saturated heterocycles. The second kappa shape index (κ2) is 10.2. The first-order valence-corrected chi connectivity index (χ1v) is 12.3. The minimum Gasteiger partial charge on any atom is -0.394 e. The van der Waals surface area contributed by atoms with Crippen LogP contribution in [0.4, 0.5) is 0 Å². The van der Waals surface area contributed by atoms with Gasteiger partial charge in [0.1, 0.15) is 34.5 Å². The average Bonchev–Trinajstić information content (AvgIpc) is 3.35. The van der Waals surface area contributed by atoms with E-state index in [0.717, 1.165) is 30.7 Å². The SMILES string of the molecule is O=c1[nH]c(=O)n([C@H]2C[C@H](O)[C@@H](CO)O2)cc1SSc1cn([C@H]2C[C@H](O)[C@@H](CO)O2)c(=O)[nH]c1=O. The zero-order valence-corrected chi connectivity index (χ0v) is 19.0. The fraction of sp³-hybridized carbons (Fsp3) is 0.556. The number of aromatic amines is 2. The van der Waals surface area contributed by atoms with Crippen molar-refractivity contribution in [2.45, 2.75) is 59.5 Å². The number of hydrogen-bond donors (Lipinski definition) is 6. The number of nitrogens with one attached hydrogen (secondary N) is 2. The van der Waals surface area contributed by atoms with Crippen LogP contribution < -0.4 is 22.5 Å². The van der Waals surface area contributed by atoms with Gasteiger partial charge in [-0.3, -0.25) is 28.7 Å². The van der Waals surface area contributed by atoms with Gasteiger partial charge in [-0.25, -0.2) is 9.59 Å². The van der Waals surface area contributed by atoms with E-state index in [1.165, 1.54) is 12.4 Å². The molecule has 0 aromatic carbocycles. The van der Waals surface area contributed by atoms with Crippen molar-refractivity contribution in [1.29, 1.82) is 0 Å². The number of hydrogen-bond acceptors (Lipinski definition) is 12. The van der Waals surface area contributed by atoms with E-state index in [1.807, 2.05) is 0 Å². The predicted molar refractivity (Wildman–Crippen MR) is 118 cm³/mol. The van der Waals surface area contributed by atoms with Gasteiger partial charge < -0.3 is 29.9 Å². The first-order chi connectivity index (χ1) is 16.2. The van der Waals surface area contributed by atoms with E-state index in [1.54, 1.807) is 0 Å². The monoisotopic (exact) mass is 518 g/mol. The Bertz CT molecular complexity index is 1180. The number of nitrogens with zero attached hydrogens (tertiary/aromatic N) is 2. The number of ether oxygens (including phenoxy) is 2. The molecule has 14 nitrogen and oxygen atoms in total. The van der Waals surface area contributed by atoms with E-state index in [4.69, 9.17) is 9.47 Å². The lowest BCUT2D eigenvalue weighted by atomic mass is 10.2. The summed E-state index contributed by atoms with van der Waals surface area (Å²) in [5.74, 6) is 0. The summed E-state index contributed by atoms with van der Waals surface area (Å²) in [6.45, 7) is -0.876. The predicted octanol–water partition coefficient (Wildman–Crippen LogP) is -2.53. The van der Waals surface area contributed by atoms with Gasteiger partial charge in [0, 0.05) is 25.2 Å². The third-order valence-corrected chi connectivity index (χ3v) is 7.83. The summed E-state index contributed by atoms with van der Waals surface area (Å²) >= 11 is 0. The number of rotatable bonds is 7. The van der Waals surface area contributed by atoms with Gasteiger partial charge >= 0.3 is 11.4 Å². The molecule has 4 heterocycles. The van der Waals surface area contributed by atoms with Gasteiger partial charge in [-0.05, 0) is 21.6 Å². The molecule has 4 rings (SSSR count). The largest absolute Gasteiger partial charge is 0.394 e. The maximum absolute atomic E-state index is 12.3. The Kier molecular flexibility index (Phi) is 7.48. The summed E-state index contributed by atoms with van der Waals surface area (Å²) in [6.07, 6.45) is -3.01. The highest BCUT2D eigenvalue weighted by molar-refractivity contribution is 8.76. The summed E-state index contributed by atoms with van der Waals surface area (Å²) in [5.41, 5.74) is -2.96. The normalized spacial score (nSPS) is 29.1. The fourth-order valence-corrected chi connectivity index (χ4v) is 5.67. The summed E-state index contributed by atoms with van der Waals surface area (Å²) in [5, 5.41) is 38.3. The Morgan fingerprint density at radius 1 is 0.794 bits per heavy atom. The van der Waals surface area contributed by atoms with Crippen LogP contribution in [0.15, 0.2) is 41.4 Å². The molecule has 6 N–H and O–H groups in total. The molecule has 0 saturated carbocycles. The van der Waals surface area contributed by atoms with Crippen LogP contribution >= 0.6 is 21.6 Å². The van der Waals surface area contributed by atoms with Gasteiger partial charge in [0.2, 0.25) is 0 Å². The zero-order chi connectivity index (χ0) is 24.6. The molecule has 0 spiro atoms. The first kappa shape index (κ1) is 24.9. The van der Waals surface area contributed by atoms with Crippen molar-refractivity contribution in [3.8, 4) is 0 Å². The molecular weight excluding hydrogens is 496 g/mol. The van der Waals surface area contributed by atoms with E-state index >= 15 is 0 Å². The Morgan fingerprint density at radius 3 is 1.50 bits per heavy atom. The van der Waals surface area contributed by atoms with Crippen molar-refractivity contribution in [3.63, 3.8) is 0 Å². The van der Waals surface area contributed by atoms with Crippen LogP contribution in [0.1, 0.15) is 25.3 Å². The standard InChI is InChI=1S/C18H22N4O10S2/c23-5-9-7(25)1-13(31-9)21-3-11(15(27)19-17(21)29)33-34-12-4-22(18(30)20-16(12)28)14-2-8(26)10(6-24)32-14/h3-4,7-10,13-14,23-26H,1-2,5-6H2,(H,19,27,29)(H,20,28,30)/t7-,8-,9+,10+,13+,14+/m0/s1. The Balaban J connectivity index is 1.56. The molecule has 6 atom stereocenters. The zero-order valence-electron chi connectivity index (χ0n) is 17.4. The van der Waals surface area contributed by atoms with Gasteiger partial charge in [-0.15, -0.1) is 0 Å². The average molecular weight is 519 g/mol. The van der Waals surface area contributed by atoms with E-state index in [9.17, 15) is 39.6 Å². The molecule has 2 aliphatic heterocycles.